The zero-order valence-corrected chi connectivity index (χ0v) is 18.5. The van der Waals surface area contributed by atoms with Gasteiger partial charge >= 0.3 is 0 Å². The van der Waals surface area contributed by atoms with Crippen LogP contribution in [0.5, 0.6) is 0 Å². The number of amides is 2. The average Bonchev–Trinajstić information content (AvgIpc) is 2.70. The predicted molar refractivity (Wildman–Crippen MR) is 117 cm³/mol. The smallest absolute Gasteiger partial charge is 0.255 e. The molecule has 30 heavy (non-hydrogen) atoms. The topological polar surface area (TPSA) is 86.8 Å². The number of benzene rings is 2. The zero-order chi connectivity index (χ0) is 22.1. The first kappa shape index (κ1) is 22.0. The molecule has 1 heterocycles. The SMILES string of the molecule is Cc1cc(C(=O)Nc2cccc(N3CCCCC3=O)c2)cc(S(=O)(=O)N(C)C)c1C. The summed E-state index contributed by atoms with van der Waals surface area (Å²) in [5, 5.41) is 2.82. The van der Waals surface area contributed by atoms with E-state index in [0.717, 1.165) is 28.4 Å². The number of rotatable bonds is 5. The Morgan fingerprint density at radius 3 is 2.50 bits per heavy atom. The number of nitrogens with one attached hydrogen (secondary N) is 1. The van der Waals surface area contributed by atoms with Gasteiger partial charge in [-0.2, -0.15) is 0 Å². The Bertz CT molecular complexity index is 1090. The van der Waals surface area contributed by atoms with Crippen LogP contribution in [0.3, 0.4) is 0 Å². The fourth-order valence-electron chi connectivity index (χ4n) is 3.46. The number of nitrogens with zero attached hydrogens (tertiary/aromatic N) is 2. The van der Waals surface area contributed by atoms with Crippen molar-refractivity contribution in [2.75, 3.05) is 30.9 Å². The lowest BCUT2D eigenvalue weighted by Gasteiger charge is -2.27. The van der Waals surface area contributed by atoms with Crippen molar-refractivity contribution in [1.82, 2.24) is 4.31 Å². The molecule has 0 spiro atoms. The quantitative estimate of drug-likeness (QED) is 0.790. The van der Waals surface area contributed by atoms with Crippen molar-refractivity contribution in [3.05, 3.63) is 53.1 Å². The summed E-state index contributed by atoms with van der Waals surface area (Å²) >= 11 is 0. The van der Waals surface area contributed by atoms with Crippen molar-refractivity contribution >= 4 is 33.2 Å². The van der Waals surface area contributed by atoms with Crippen molar-refractivity contribution in [2.24, 2.45) is 0 Å². The lowest BCUT2D eigenvalue weighted by Crippen LogP contribution is -2.35. The number of piperidine rings is 1. The molecule has 1 saturated heterocycles. The predicted octanol–water partition coefficient (Wildman–Crippen LogP) is 3.32. The van der Waals surface area contributed by atoms with Crippen molar-refractivity contribution in [3.8, 4) is 0 Å². The van der Waals surface area contributed by atoms with Gasteiger partial charge in [0.05, 0.1) is 4.90 Å². The van der Waals surface area contributed by atoms with Gasteiger partial charge < -0.3 is 10.2 Å². The Kier molecular flexibility index (Phi) is 6.28. The third kappa shape index (κ3) is 4.39. The molecular formula is C22H27N3O4S. The number of hydrogen-bond acceptors (Lipinski definition) is 4. The Morgan fingerprint density at radius 1 is 1.10 bits per heavy atom. The van der Waals surface area contributed by atoms with Crippen molar-refractivity contribution in [2.45, 2.75) is 38.0 Å². The summed E-state index contributed by atoms with van der Waals surface area (Å²) in [5.74, 6) is -0.326. The highest BCUT2D eigenvalue weighted by Gasteiger charge is 2.23. The third-order valence-electron chi connectivity index (χ3n) is 5.38. The number of sulfonamides is 1. The lowest BCUT2D eigenvalue weighted by atomic mass is 10.1. The standard InChI is InChI=1S/C22H27N3O4S/c1-15-12-17(13-20(16(15)2)30(28,29)24(3)4)22(27)23-18-8-7-9-19(14-18)25-11-6-5-10-21(25)26/h7-9,12-14H,5-6,10-11H2,1-4H3,(H,23,27). The van der Waals surface area contributed by atoms with E-state index < -0.39 is 15.9 Å². The first-order chi connectivity index (χ1) is 14.1. The van der Waals surface area contributed by atoms with E-state index in [1.165, 1.54) is 20.2 Å². The van der Waals surface area contributed by atoms with Gasteiger partial charge in [-0.3, -0.25) is 9.59 Å². The highest BCUT2D eigenvalue weighted by atomic mass is 32.2. The lowest BCUT2D eigenvalue weighted by molar-refractivity contribution is -0.119. The molecule has 2 aromatic carbocycles. The summed E-state index contributed by atoms with van der Waals surface area (Å²) in [5.41, 5.74) is 2.89. The first-order valence-electron chi connectivity index (χ1n) is 9.87. The van der Waals surface area contributed by atoms with Crippen LogP contribution in [0.15, 0.2) is 41.3 Å². The van der Waals surface area contributed by atoms with Gasteiger partial charge in [0.1, 0.15) is 0 Å². The molecule has 7 nitrogen and oxygen atoms in total. The van der Waals surface area contributed by atoms with E-state index in [0.29, 0.717) is 24.2 Å². The van der Waals surface area contributed by atoms with E-state index in [4.69, 9.17) is 0 Å². The van der Waals surface area contributed by atoms with Crippen LogP contribution in [0.1, 0.15) is 40.7 Å². The van der Waals surface area contributed by atoms with Gasteiger partial charge in [-0.25, -0.2) is 12.7 Å². The molecule has 0 bridgehead atoms. The molecule has 160 valence electrons. The monoisotopic (exact) mass is 429 g/mol. The van der Waals surface area contributed by atoms with Gasteiger partial charge in [0.15, 0.2) is 0 Å². The molecule has 0 atom stereocenters. The maximum Gasteiger partial charge on any atom is 0.255 e. The van der Waals surface area contributed by atoms with Crippen LogP contribution in [0.4, 0.5) is 11.4 Å². The molecule has 2 aromatic rings. The minimum atomic E-state index is -3.68. The molecule has 1 fully saturated rings. The number of hydrogen-bond donors (Lipinski definition) is 1. The van der Waals surface area contributed by atoms with Crippen molar-refractivity contribution in [1.29, 1.82) is 0 Å². The molecule has 0 aliphatic carbocycles. The fraction of sp³-hybridized carbons (Fsp3) is 0.364. The molecule has 0 unspecified atom stereocenters. The minimum Gasteiger partial charge on any atom is -0.322 e. The van der Waals surface area contributed by atoms with Crippen molar-refractivity contribution in [3.63, 3.8) is 0 Å². The van der Waals surface area contributed by atoms with Crippen LogP contribution in [0, 0.1) is 13.8 Å². The molecule has 0 saturated carbocycles. The highest BCUT2D eigenvalue weighted by molar-refractivity contribution is 7.89. The number of carbonyl (C=O) groups is 2. The third-order valence-corrected chi connectivity index (χ3v) is 7.32. The summed E-state index contributed by atoms with van der Waals surface area (Å²) in [4.78, 5) is 26.9. The molecule has 3 rings (SSSR count). The van der Waals surface area contributed by atoms with Gasteiger partial charge in [-0.15, -0.1) is 0 Å². The van der Waals surface area contributed by atoms with Gasteiger partial charge in [-0.05, 0) is 68.1 Å². The summed E-state index contributed by atoms with van der Waals surface area (Å²) in [6.07, 6.45) is 2.38. The number of aryl methyl sites for hydroxylation is 1. The molecule has 1 aliphatic heterocycles. The summed E-state index contributed by atoms with van der Waals surface area (Å²) in [6.45, 7) is 4.18. The average molecular weight is 430 g/mol. The van der Waals surface area contributed by atoms with E-state index in [1.807, 2.05) is 6.07 Å². The van der Waals surface area contributed by atoms with Crippen LogP contribution in [-0.2, 0) is 14.8 Å². The Morgan fingerprint density at radius 2 is 1.83 bits per heavy atom. The summed E-state index contributed by atoms with van der Waals surface area (Å²) in [7, 11) is -0.752. The Balaban J connectivity index is 1.89. The second-order valence-electron chi connectivity index (χ2n) is 7.71. The highest BCUT2D eigenvalue weighted by Crippen LogP contribution is 2.26. The number of anilines is 2. The number of carbonyl (C=O) groups excluding carboxylic acids is 2. The minimum absolute atomic E-state index is 0.0809. The Labute approximate surface area is 177 Å². The van der Waals surface area contributed by atoms with E-state index in [-0.39, 0.29) is 16.4 Å². The van der Waals surface area contributed by atoms with Crippen molar-refractivity contribution < 1.29 is 18.0 Å². The summed E-state index contributed by atoms with van der Waals surface area (Å²) < 4.78 is 26.4. The van der Waals surface area contributed by atoms with Gasteiger partial charge in [-0.1, -0.05) is 6.07 Å². The maximum absolute atomic E-state index is 12.9. The maximum atomic E-state index is 12.9. The van der Waals surface area contributed by atoms with Crippen LogP contribution >= 0.6 is 0 Å². The zero-order valence-electron chi connectivity index (χ0n) is 17.7. The molecule has 0 aromatic heterocycles. The van der Waals surface area contributed by atoms with Gasteiger partial charge in [0, 0.05) is 44.0 Å². The van der Waals surface area contributed by atoms with Crippen LogP contribution in [0.2, 0.25) is 0 Å². The second-order valence-corrected chi connectivity index (χ2v) is 9.83. The van der Waals surface area contributed by atoms with Crippen LogP contribution in [-0.4, -0.2) is 45.2 Å². The van der Waals surface area contributed by atoms with E-state index in [2.05, 4.69) is 5.32 Å². The normalized spacial score (nSPS) is 14.8. The Hall–Kier alpha value is -2.71. The van der Waals surface area contributed by atoms with E-state index in [9.17, 15) is 18.0 Å². The van der Waals surface area contributed by atoms with Crippen LogP contribution < -0.4 is 10.2 Å². The largest absolute Gasteiger partial charge is 0.322 e. The second kappa shape index (κ2) is 8.57. The van der Waals surface area contributed by atoms with Gasteiger partial charge in [0.2, 0.25) is 15.9 Å². The summed E-state index contributed by atoms with van der Waals surface area (Å²) in [6, 6.07) is 10.2. The molecule has 2 amide bonds. The molecule has 0 radical (unpaired) electrons. The van der Waals surface area contributed by atoms with Crippen LogP contribution in [0.25, 0.3) is 0 Å². The molecule has 1 aliphatic rings. The molecule has 8 heteroatoms. The molecule has 1 N–H and O–H groups in total. The van der Waals surface area contributed by atoms with Gasteiger partial charge in [0.25, 0.3) is 5.91 Å². The molecular weight excluding hydrogens is 402 g/mol. The van der Waals surface area contributed by atoms with E-state index >= 15 is 0 Å². The first-order valence-corrected chi connectivity index (χ1v) is 11.3. The van der Waals surface area contributed by atoms with E-state index in [1.54, 1.807) is 43.0 Å². The fourth-order valence-corrected chi connectivity index (χ4v) is 4.67.